The van der Waals surface area contributed by atoms with E-state index in [0.29, 0.717) is 0 Å². The fourth-order valence-electron chi connectivity index (χ4n) is 1.70. The Morgan fingerprint density at radius 3 is 2.28 bits per heavy atom. The lowest BCUT2D eigenvalue weighted by atomic mass is 10.1. The van der Waals surface area contributed by atoms with E-state index in [1.807, 2.05) is 6.92 Å². The zero-order valence-electron chi connectivity index (χ0n) is 12.6. The van der Waals surface area contributed by atoms with Gasteiger partial charge in [0.15, 0.2) is 0 Å². The van der Waals surface area contributed by atoms with E-state index in [1.54, 1.807) is 0 Å². The molecule has 1 atom stereocenters. The van der Waals surface area contributed by atoms with Gasteiger partial charge in [0.1, 0.15) is 0 Å². The van der Waals surface area contributed by atoms with Crippen LogP contribution in [0.5, 0.6) is 0 Å². The van der Waals surface area contributed by atoms with Crippen LogP contribution in [0.15, 0.2) is 23.3 Å². The van der Waals surface area contributed by atoms with Crippen LogP contribution in [0.25, 0.3) is 0 Å². The summed E-state index contributed by atoms with van der Waals surface area (Å²) in [6, 6.07) is 0. The Labute approximate surface area is 112 Å². The molecule has 104 valence electrons. The Hall–Kier alpha value is -1.05. The highest BCUT2D eigenvalue weighted by Crippen LogP contribution is 2.11. The van der Waals surface area contributed by atoms with E-state index >= 15 is 0 Å². The Balaban J connectivity index is 3.80. The fourth-order valence-corrected chi connectivity index (χ4v) is 1.70. The number of allylic oxidation sites excluding steroid dienone is 4. The van der Waals surface area contributed by atoms with Gasteiger partial charge in [-0.25, -0.2) is 0 Å². The molecule has 0 aromatic heterocycles. The average molecular weight is 252 g/mol. The van der Waals surface area contributed by atoms with E-state index in [0.717, 1.165) is 32.1 Å². The van der Waals surface area contributed by atoms with Crippen molar-refractivity contribution in [3.63, 3.8) is 0 Å². The molecule has 0 bridgehead atoms. The van der Waals surface area contributed by atoms with Crippen LogP contribution in [0.4, 0.5) is 0 Å². The maximum atomic E-state index is 10.7. The third-order valence-electron chi connectivity index (χ3n) is 3.02. The molecular formula is C16H28O2. The maximum absolute atomic E-state index is 10.7. The van der Waals surface area contributed by atoms with E-state index < -0.39 is 0 Å². The Kier molecular flexibility index (Phi) is 9.35. The highest BCUT2D eigenvalue weighted by atomic mass is 16.5. The highest BCUT2D eigenvalue weighted by Gasteiger charge is 2.03. The van der Waals surface area contributed by atoms with Crippen molar-refractivity contribution in [3.05, 3.63) is 23.3 Å². The first-order valence-electron chi connectivity index (χ1n) is 6.94. The van der Waals surface area contributed by atoms with Crippen LogP contribution in [0.2, 0.25) is 0 Å². The van der Waals surface area contributed by atoms with Crippen LogP contribution in [0, 0.1) is 0 Å². The molecule has 0 aliphatic rings. The van der Waals surface area contributed by atoms with Crippen molar-refractivity contribution >= 4 is 5.97 Å². The van der Waals surface area contributed by atoms with Gasteiger partial charge in [-0.05, 0) is 52.9 Å². The number of ether oxygens (including phenoxy) is 1. The molecule has 0 amide bonds. The molecule has 0 rings (SSSR count). The largest absolute Gasteiger partial charge is 0.463 e. The summed E-state index contributed by atoms with van der Waals surface area (Å²) in [7, 11) is 0. The van der Waals surface area contributed by atoms with E-state index in [4.69, 9.17) is 4.74 Å². The minimum atomic E-state index is -0.191. The van der Waals surface area contributed by atoms with Gasteiger partial charge in [-0.1, -0.05) is 30.2 Å². The van der Waals surface area contributed by atoms with Crippen LogP contribution >= 0.6 is 0 Å². The predicted molar refractivity (Wildman–Crippen MR) is 77.5 cm³/mol. The molecule has 0 saturated carbocycles. The van der Waals surface area contributed by atoms with Gasteiger partial charge >= 0.3 is 5.97 Å². The summed E-state index contributed by atoms with van der Waals surface area (Å²) in [4.78, 5) is 10.7. The lowest BCUT2D eigenvalue weighted by Gasteiger charge is -2.10. The summed E-state index contributed by atoms with van der Waals surface area (Å²) in [5.41, 5.74) is 2.89. The quantitative estimate of drug-likeness (QED) is 0.458. The highest BCUT2D eigenvalue weighted by molar-refractivity contribution is 5.66. The number of hydrogen-bond acceptors (Lipinski definition) is 2. The number of esters is 1. The summed E-state index contributed by atoms with van der Waals surface area (Å²) in [6.45, 7) is 9.94. The van der Waals surface area contributed by atoms with Crippen molar-refractivity contribution in [2.24, 2.45) is 0 Å². The summed E-state index contributed by atoms with van der Waals surface area (Å²) in [6.07, 6.45) is 9.88. The first-order chi connectivity index (χ1) is 8.45. The van der Waals surface area contributed by atoms with Gasteiger partial charge in [0, 0.05) is 6.92 Å². The lowest BCUT2D eigenvalue weighted by Crippen LogP contribution is -2.11. The van der Waals surface area contributed by atoms with Gasteiger partial charge in [-0.2, -0.15) is 0 Å². The number of carbonyl (C=O) groups excluding carboxylic acids is 1. The normalized spacial score (nSPS) is 14.5. The van der Waals surface area contributed by atoms with Crippen LogP contribution < -0.4 is 0 Å². The SMILES string of the molecule is CCC(C)=CCCC(C)=CCCC(C)OC(C)=O. The first kappa shape index (κ1) is 16.9. The van der Waals surface area contributed by atoms with Gasteiger partial charge in [-0.3, -0.25) is 4.79 Å². The van der Waals surface area contributed by atoms with Gasteiger partial charge in [0.2, 0.25) is 0 Å². The summed E-state index contributed by atoms with van der Waals surface area (Å²) < 4.78 is 5.08. The molecule has 0 aromatic rings. The zero-order chi connectivity index (χ0) is 14.0. The van der Waals surface area contributed by atoms with Gasteiger partial charge in [-0.15, -0.1) is 0 Å². The lowest BCUT2D eigenvalue weighted by molar-refractivity contribution is -0.145. The molecule has 0 radical (unpaired) electrons. The molecule has 0 N–H and O–H groups in total. The summed E-state index contributed by atoms with van der Waals surface area (Å²) >= 11 is 0. The molecule has 0 aromatic carbocycles. The van der Waals surface area contributed by atoms with Crippen molar-refractivity contribution in [1.82, 2.24) is 0 Å². The zero-order valence-corrected chi connectivity index (χ0v) is 12.6. The van der Waals surface area contributed by atoms with Gasteiger partial charge in [0.25, 0.3) is 0 Å². The molecule has 2 heteroatoms. The van der Waals surface area contributed by atoms with Crippen molar-refractivity contribution in [3.8, 4) is 0 Å². The number of rotatable bonds is 8. The molecule has 0 saturated heterocycles. The predicted octanol–water partition coefficient (Wildman–Crippen LogP) is 4.80. The van der Waals surface area contributed by atoms with Crippen molar-refractivity contribution in [1.29, 1.82) is 0 Å². The van der Waals surface area contributed by atoms with Gasteiger partial charge < -0.3 is 4.74 Å². The van der Waals surface area contributed by atoms with Crippen LogP contribution in [0.3, 0.4) is 0 Å². The Morgan fingerprint density at radius 1 is 1.11 bits per heavy atom. The molecule has 0 fully saturated rings. The Morgan fingerprint density at radius 2 is 1.72 bits per heavy atom. The maximum Gasteiger partial charge on any atom is 0.302 e. The molecular weight excluding hydrogens is 224 g/mol. The fraction of sp³-hybridized carbons (Fsp3) is 0.688. The molecule has 1 unspecified atom stereocenters. The standard InChI is InChI=1S/C16H28O2/c1-6-13(2)9-7-10-14(3)11-8-12-15(4)18-16(5)17/h9,11,15H,6-8,10,12H2,1-5H3. The minimum Gasteiger partial charge on any atom is -0.463 e. The third kappa shape index (κ3) is 10.1. The second-order valence-corrected chi connectivity index (χ2v) is 4.99. The monoisotopic (exact) mass is 252 g/mol. The molecule has 0 aliphatic heterocycles. The van der Waals surface area contributed by atoms with E-state index in [1.165, 1.54) is 18.1 Å². The smallest absolute Gasteiger partial charge is 0.302 e. The topological polar surface area (TPSA) is 26.3 Å². The summed E-state index contributed by atoms with van der Waals surface area (Å²) in [5, 5.41) is 0. The van der Waals surface area contributed by atoms with Crippen molar-refractivity contribution in [2.45, 2.75) is 72.8 Å². The third-order valence-corrected chi connectivity index (χ3v) is 3.02. The van der Waals surface area contributed by atoms with Gasteiger partial charge in [0.05, 0.1) is 6.10 Å². The van der Waals surface area contributed by atoms with Crippen molar-refractivity contribution in [2.75, 3.05) is 0 Å². The Bertz CT molecular complexity index is 300. The van der Waals surface area contributed by atoms with Crippen LogP contribution in [-0.2, 0) is 9.53 Å². The van der Waals surface area contributed by atoms with E-state index in [9.17, 15) is 4.79 Å². The second kappa shape index (κ2) is 9.93. The van der Waals surface area contributed by atoms with Crippen LogP contribution in [0.1, 0.15) is 66.7 Å². The number of carbonyl (C=O) groups is 1. The molecule has 0 heterocycles. The second-order valence-electron chi connectivity index (χ2n) is 4.99. The number of hydrogen-bond donors (Lipinski definition) is 0. The first-order valence-corrected chi connectivity index (χ1v) is 6.94. The molecule has 18 heavy (non-hydrogen) atoms. The van der Waals surface area contributed by atoms with E-state index in [2.05, 4.69) is 32.9 Å². The molecule has 0 aliphatic carbocycles. The summed E-state index contributed by atoms with van der Waals surface area (Å²) in [5.74, 6) is -0.191. The van der Waals surface area contributed by atoms with Crippen molar-refractivity contribution < 1.29 is 9.53 Å². The molecule has 2 nitrogen and oxygen atoms in total. The molecule has 0 spiro atoms. The van der Waals surface area contributed by atoms with Crippen LogP contribution in [-0.4, -0.2) is 12.1 Å². The average Bonchev–Trinajstić information content (AvgIpc) is 2.27. The minimum absolute atomic E-state index is 0.0220. The van der Waals surface area contributed by atoms with E-state index in [-0.39, 0.29) is 12.1 Å².